The van der Waals surface area contributed by atoms with Crippen LogP contribution in [-0.4, -0.2) is 36.5 Å². The molecule has 0 aromatic heterocycles. The van der Waals surface area contributed by atoms with E-state index in [1.54, 1.807) is 0 Å². The summed E-state index contributed by atoms with van der Waals surface area (Å²) in [6, 6.07) is 0.521. The van der Waals surface area contributed by atoms with Crippen molar-refractivity contribution in [2.45, 2.75) is 64.8 Å². The van der Waals surface area contributed by atoms with Gasteiger partial charge in [0.1, 0.15) is 0 Å². The van der Waals surface area contributed by atoms with Crippen molar-refractivity contribution in [1.82, 2.24) is 10.2 Å². The van der Waals surface area contributed by atoms with E-state index >= 15 is 0 Å². The number of amides is 1. The van der Waals surface area contributed by atoms with E-state index in [2.05, 4.69) is 24.1 Å². The Morgan fingerprint density at radius 3 is 2.72 bits per heavy atom. The van der Waals surface area contributed by atoms with Crippen molar-refractivity contribution < 1.29 is 4.79 Å². The molecule has 1 heterocycles. The van der Waals surface area contributed by atoms with Crippen LogP contribution in [0.1, 0.15) is 58.8 Å². The van der Waals surface area contributed by atoms with Gasteiger partial charge in [0.15, 0.2) is 0 Å². The quantitative estimate of drug-likeness (QED) is 0.834. The molecule has 2 fully saturated rings. The van der Waals surface area contributed by atoms with Crippen LogP contribution in [-0.2, 0) is 4.79 Å². The molecule has 0 radical (unpaired) electrons. The second-order valence-electron chi connectivity index (χ2n) is 6.31. The van der Waals surface area contributed by atoms with E-state index in [1.807, 2.05) is 0 Å². The number of carbonyl (C=O) groups excluding carboxylic acids is 1. The molecule has 2 aliphatic rings. The zero-order valence-corrected chi connectivity index (χ0v) is 12.0. The lowest BCUT2D eigenvalue weighted by Crippen LogP contribution is -2.51. The Hall–Kier alpha value is -0.570. The first-order chi connectivity index (χ1) is 8.65. The molecular weight excluding hydrogens is 224 g/mol. The Balaban J connectivity index is 1.89. The molecule has 1 unspecified atom stereocenters. The summed E-state index contributed by atoms with van der Waals surface area (Å²) in [5, 5.41) is 3.57. The minimum Gasteiger partial charge on any atom is -0.341 e. The van der Waals surface area contributed by atoms with Crippen LogP contribution in [0.15, 0.2) is 0 Å². The lowest BCUT2D eigenvalue weighted by atomic mass is 9.86. The lowest BCUT2D eigenvalue weighted by Gasteiger charge is -2.38. The Morgan fingerprint density at radius 1 is 1.33 bits per heavy atom. The van der Waals surface area contributed by atoms with Crippen LogP contribution in [0, 0.1) is 5.41 Å². The third kappa shape index (κ3) is 3.05. The van der Waals surface area contributed by atoms with Crippen LogP contribution in [0.4, 0.5) is 0 Å². The molecule has 3 heteroatoms. The zero-order chi connectivity index (χ0) is 13.0. The molecule has 1 aliphatic heterocycles. The van der Waals surface area contributed by atoms with Gasteiger partial charge in [0.05, 0.1) is 0 Å². The summed E-state index contributed by atoms with van der Waals surface area (Å²) in [6.07, 6.45) is 8.19. The highest BCUT2D eigenvalue weighted by Gasteiger charge is 2.40. The Labute approximate surface area is 111 Å². The molecule has 2 rings (SSSR count). The number of likely N-dealkylation sites (tertiary alicyclic amines) is 1. The smallest absolute Gasteiger partial charge is 0.228 e. The number of nitrogens with one attached hydrogen (secondary N) is 1. The van der Waals surface area contributed by atoms with Crippen LogP contribution in [0.5, 0.6) is 0 Å². The summed E-state index contributed by atoms with van der Waals surface area (Å²) in [4.78, 5) is 14.8. The topological polar surface area (TPSA) is 32.3 Å². The van der Waals surface area contributed by atoms with Gasteiger partial charge in [-0.15, -0.1) is 0 Å². The SMILES string of the molecule is CCCNC1CCCN(C(=O)C2(C)CCCC2)C1. The van der Waals surface area contributed by atoms with Gasteiger partial charge in [0.25, 0.3) is 0 Å². The van der Waals surface area contributed by atoms with E-state index in [4.69, 9.17) is 0 Å². The predicted molar refractivity (Wildman–Crippen MR) is 74.5 cm³/mol. The largest absolute Gasteiger partial charge is 0.341 e. The third-order valence-corrected chi connectivity index (χ3v) is 4.62. The summed E-state index contributed by atoms with van der Waals surface area (Å²) in [5.41, 5.74) is -0.0490. The highest BCUT2D eigenvalue weighted by Crippen LogP contribution is 2.39. The monoisotopic (exact) mass is 252 g/mol. The average Bonchev–Trinajstić information content (AvgIpc) is 2.84. The maximum Gasteiger partial charge on any atom is 0.228 e. The number of rotatable bonds is 4. The van der Waals surface area contributed by atoms with Crippen molar-refractivity contribution in [3.05, 3.63) is 0 Å². The van der Waals surface area contributed by atoms with E-state index in [0.29, 0.717) is 11.9 Å². The molecule has 1 saturated carbocycles. The van der Waals surface area contributed by atoms with Gasteiger partial charge in [-0.05, 0) is 38.6 Å². The first-order valence-corrected chi connectivity index (χ1v) is 7.68. The maximum absolute atomic E-state index is 12.6. The lowest BCUT2D eigenvalue weighted by molar-refractivity contribution is -0.142. The minimum absolute atomic E-state index is 0.0490. The zero-order valence-electron chi connectivity index (χ0n) is 12.0. The number of hydrogen-bond donors (Lipinski definition) is 1. The van der Waals surface area contributed by atoms with Gasteiger partial charge in [0, 0.05) is 24.5 Å². The van der Waals surface area contributed by atoms with Gasteiger partial charge in [-0.2, -0.15) is 0 Å². The van der Waals surface area contributed by atoms with E-state index in [9.17, 15) is 4.79 Å². The summed E-state index contributed by atoms with van der Waals surface area (Å²) in [5.74, 6) is 0.419. The summed E-state index contributed by atoms with van der Waals surface area (Å²) >= 11 is 0. The number of piperidine rings is 1. The Morgan fingerprint density at radius 2 is 2.06 bits per heavy atom. The van der Waals surface area contributed by atoms with Crippen molar-refractivity contribution in [2.75, 3.05) is 19.6 Å². The molecule has 0 aromatic rings. The van der Waals surface area contributed by atoms with E-state index in [1.165, 1.54) is 25.7 Å². The van der Waals surface area contributed by atoms with Crippen molar-refractivity contribution in [2.24, 2.45) is 5.41 Å². The van der Waals surface area contributed by atoms with Crippen LogP contribution in [0.25, 0.3) is 0 Å². The van der Waals surface area contributed by atoms with Gasteiger partial charge in [-0.25, -0.2) is 0 Å². The third-order valence-electron chi connectivity index (χ3n) is 4.62. The standard InChI is InChI=1S/C15H28N2O/c1-3-10-16-13-7-6-11-17(12-13)14(18)15(2)8-4-5-9-15/h13,16H,3-12H2,1-2H3. The molecule has 3 nitrogen and oxygen atoms in total. The van der Waals surface area contributed by atoms with Crippen molar-refractivity contribution in [1.29, 1.82) is 0 Å². The second kappa shape index (κ2) is 6.05. The maximum atomic E-state index is 12.6. The van der Waals surface area contributed by atoms with E-state index in [-0.39, 0.29) is 5.41 Å². The molecule has 104 valence electrons. The number of carbonyl (C=O) groups is 1. The highest BCUT2D eigenvalue weighted by molar-refractivity contribution is 5.82. The molecule has 1 atom stereocenters. The van der Waals surface area contributed by atoms with Crippen LogP contribution < -0.4 is 5.32 Å². The summed E-state index contributed by atoms with van der Waals surface area (Å²) in [7, 11) is 0. The predicted octanol–water partition coefficient (Wildman–Crippen LogP) is 2.56. The minimum atomic E-state index is -0.0490. The summed E-state index contributed by atoms with van der Waals surface area (Å²) < 4.78 is 0. The van der Waals surface area contributed by atoms with Crippen molar-refractivity contribution >= 4 is 5.91 Å². The molecule has 1 aliphatic carbocycles. The number of nitrogens with zero attached hydrogens (tertiary/aromatic N) is 1. The average molecular weight is 252 g/mol. The fourth-order valence-electron chi connectivity index (χ4n) is 3.43. The van der Waals surface area contributed by atoms with E-state index in [0.717, 1.165) is 38.9 Å². The van der Waals surface area contributed by atoms with E-state index < -0.39 is 0 Å². The highest BCUT2D eigenvalue weighted by atomic mass is 16.2. The number of hydrogen-bond acceptors (Lipinski definition) is 2. The van der Waals surface area contributed by atoms with Gasteiger partial charge in [-0.1, -0.05) is 26.7 Å². The molecule has 1 amide bonds. The van der Waals surface area contributed by atoms with Gasteiger partial charge in [-0.3, -0.25) is 4.79 Å². The van der Waals surface area contributed by atoms with Gasteiger partial charge in [0.2, 0.25) is 5.91 Å². The molecule has 1 saturated heterocycles. The first kappa shape index (κ1) is 13.9. The Kier molecular flexibility index (Phi) is 4.66. The molecule has 0 bridgehead atoms. The molecular formula is C15H28N2O. The van der Waals surface area contributed by atoms with Crippen LogP contribution >= 0.6 is 0 Å². The first-order valence-electron chi connectivity index (χ1n) is 7.68. The molecule has 0 aromatic carbocycles. The molecule has 1 N–H and O–H groups in total. The molecule has 18 heavy (non-hydrogen) atoms. The van der Waals surface area contributed by atoms with Gasteiger partial charge >= 0.3 is 0 Å². The fourth-order valence-corrected chi connectivity index (χ4v) is 3.43. The van der Waals surface area contributed by atoms with Crippen molar-refractivity contribution in [3.63, 3.8) is 0 Å². The van der Waals surface area contributed by atoms with Gasteiger partial charge < -0.3 is 10.2 Å². The van der Waals surface area contributed by atoms with Crippen LogP contribution in [0.3, 0.4) is 0 Å². The van der Waals surface area contributed by atoms with Crippen molar-refractivity contribution in [3.8, 4) is 0 Å². The van der Waals surface area contributed by atoms with Crippen LogP contribution in [0.2, 0.25) is 0 Å². The Bertz CT molecular complexity index is 284. The second-order valence-corrected chi connectivity index (χ2v) is 6.31. The fraction of sp³-hybridized carbons (Fsp3) is 0.933. The normalized spacial score (nSPS) is 27.4. The molecule has 0 spiro atoms. The summed E-state index contributed by atoms with van der Waals surface area (Å²) in [6.45, 7) is 7.33.